The quantitative estimate of drug-likeness (QED) is 0.871. The summed E-state index contributed by atoms with van der Waals surface area (Å²) < 4.78 is 0. The van der Waals surface area contributed by atoms with Crippen molar-refractivity contribution in [1.82, 2.24) is 15.1 Å². The number of carbonyl (C=O) groups excluding carboxylic acids is 2. The van der Waals surface area contributed by atoms with Crippen molar-refractivity contribution in [1.29, 1.82) is 0 Å². The van der Waals surface area contributed by atoms with E-state index in [-0.39, 0.29) is 23.4 Å². The van der Waals surface area contributed by atoms with Gasteiger partial charge in [0.1, 0.15) is 0 Å². The highest BCUT2D eigenvalue weighted by atomic mass is 16.2. The Hall–Kier alpha value is -2.04. The second-order valence-corrected chi connectivity index (χ2v) is 7.30. The lowest BCUT2D eigenvalue weighted by molar-refractivity contribution is -0.127. The Bertz CT molecular complexity index is 598. The molecule has 2 fully saturated rings. The van der Waals surface area contributed by atoms with Crippen LogP contribution in [-0.4, -0.2) is 54.5 Å². The third kappa shape index (κ3) is 3.71. The fourth-order valence-electron chi connectivity index (χ4n) is 3.60. The van der Waals surface area contributed by atoms with E-state index in [0.29, 0.717) is 13.0 Å². The first kappa shape index (κ1) is 16.8. The van der Waals surface area contributed by atoms with Crippen molar-refractivity contribution in [2.45, 2.75) is 44.1 Å². The number of hydrogen-bond donors (Lipinski definition) is 1. The molecule has 0 unspecified atom stereocenters. The van der Waals surface area contributed by atoms with Crippen LogP contribution in [0.5, 0.6) is 0 Å². The van der Waals surface area contributed by atoms with Crippen LogP contribution in [0.3, 0.4) is 0 Å². The summed E-state index contributed by atoms with van der Waals surface area (Å²) in [6.45, 7) is 4.11. The molecule has 5 nitrogen and oxygen atoms in total. The number of benzene rings is 1. The molecule has 1 saturated carbocycles. The highest BCUT2D eigenvalue weighted by Crippen LogP contribution is 2.48. The van der Waals surface area contributed by atoms with Gasteiger partial charge in [0, 0.05) is 44.6 Å². The first-order valence-electron chi connectivity index (χ1n) is 8.85. The van der Waals surface area contributed by atoms with Crippen LogP contribution in [0.4, 0.5) is 4.79 Å². The summed E-state index contributed by atoms with van der Waals surface area (Å²) in [5.41, 5.74) is 1.45. The van der Waals surface area contributed by atoms with E-state index >= 15 is 0 Å². The van der Waals surface area contributed by atoms with Gasteiger partial charge in [-0.3, -0.25) is 4.79 Å². The number of likely N-dealkylation sites (N-methyl/N-ethyl adjacent to an activating group) is 1. The Morgan fingerprint density at radius 3 is 2.62 bits per heavy atom. The second-order valence-electron chi connectivity index (χ2n) is 7.30. The zero-order valence-electron chi connectivity index (χ0n) is 14.6. The van der Waals surface area contributed by atoms with E-state index in [2.05, 4.69) is 29.6 Å². The smallest absolute Gasteiger partial charge is 0.317 e. The molecule has 0 radical (unpaired) electrons. The molecule has 5 heteroatoms. The summed E-state index contributed by atoms with van der Waals surface area (Å²) in [4.78, 5) is 27.8. The van der Waals surface area contributed by atoms with E-state index in [9.17, 15) is 9.59 Å². The van der Waals surface area contributed by atoms with Crippen molar-refractivity contribution in [2.24, 2.45) is 0 Å². The largest absolute Gasteiger partial charge is 0.341 e. The van der Waals surface area contributed by atoms with Crippen LogP contribution in [0.2, 0.25) is 0 Å². The standard InChI is InChI=1S/C19H27N3O2/c1-15(13-22-12-6-9-17(22)23)20-18(24)21(2)14-19(10-11-19)16-7-4-3-5-8-16/h3-5,7-8,15H,6,9-14H2,1-2H3,(H,20,24)/t15-/m0/s1. The van der Waals surface area contributed by atoms with Gasteiger partial charge in [-0.15, -0.1) is 0 Å². The molecule has 3 amide bonds. The van der Waals surface area contributed by atoms with Crippen molar-refractivity contribution >= 4 is 11.9 Å². The highest BCUT2D eigenvalue weighted by molar-refractivity contribution is 5.78. The molecule has 1 heterocycles. The van der Waals surface area contributed by atoms with E-state index in [1.54, 1.807) is 4.90 Å². The third-order valence-electron chi connectivity index (χ3n) is 5.16. The predicted octanol–water partition coefficient (Wildman–Crippen LogP) is 2.37. The number of hydrogen-bond acceptors (Lipinski definition) is 2. The first-order chi connectivity index (χ1) is 11.5. The minimum absolute atomic E-state index is 0.0334. The van der Waals surface area contributed by atoms with Gasteiger partial charge < -0.3 is 15.1 Å². The lowest BCUT2D eigenvalue weighted by atomic mass is 9.95. The van der Waals surface area contributed by atoms with Crippen LogP contribution in [-0.2, 0) is 10.2 Å². The van der Waals surface area contributed by atoms with Crippen LogP contribution < -0.4 is 5.32 Å². The molecule has 1 aliphatic carbocycles. The number of carbonyl (C=O) groups is 2. The van der Waals surface area contributed by atoms with Crippen molar-refractivity contribution in [3.63, 3.8) is 0 Å². The van der Waals surface area contributed by atoms with Gasteiger partial charge in [0.25, 0.3) is 0 Å². The van der Waals surface area contributed by atoms with Gasteiger partial charge in [0.05, 0.1) is 0 Å². The van der Waals surface area contributed by atoms with Gasteiger partial charge in [-0.2, -0.15) is 0 Å². The van der Waals surface area contributed by atoms with E-state index in [0.717, 1.165) is 32.4 Å². The summed E-state index contributed by atoms with van der Waals surface area (Å²) in [5, 5.41) is 3.02. The maximum atomic E-state index is 12.5. The fourth-order valence-corrected chi connectivity index (χ4v) is 3.60. The monoisotopic (exact) mass is 329 g/mol. The van der Waals surface area contributed by atoms with Gasteiger partial charge in [-0.1, -0.05) is 30.3 Å². The summed E-state index contributed by atoms with van der Waals surface area (Å²) in [7, 11) is 1.85. The number of rotatable bonds is 6. The molecule has 1 aliphatic heterocycles. The lowest BCUT2D eigenvalue weighted by Gasteiger charge is -2.27. The lowest BCUT2D eigenvalue weighted by Crippen LogP contribution is -2.48. The van der Waals surface area contributed by atoms with Crippen LogP contribution in [0.15, 0.2) is 30.3 Å². The maximum Gasteiger partial charge on any atom is 0.317 e. The SMILES string of the molecule is C[C@@H](CN1CCCC1=O)NC(=O)N(C)CC1(c2ccccc2)CC1. The minimum atomic E-state index is -0.0589. The average molecular weight is 329 g/mol. The first-order valence-corrected chi connectivity index (χ1v) is 8.85. The molecule has 1 atom stereocenters. The maximum absolute atomic E-state index is 12.5. The summed E-state index contributed by atoms with van der Waals surface area (Å²) in [5.74, 6) is 0.200. The molecule has 130 valence electrons. The highest BCUT2D eigenvalue weighted by Gasteiger charge is 2.45. The van der Waals surface area contributed by atoms with Crippen LogP contribution in [0, 0.1) is 0 Å². The number of amides is 3. The van der Waals surface area contributed by atoms with E-state index in [4.69, 9.17) is 0 Å². The van der Waals surface area contributed by atoms with Gasteiger partial charge >= 0.3 is 6.03 Å². The normalized spacial score (nSPS) is 19.9. The van der Waals surface area contributed by atoms with Crippen molar-refractivity contribution in [3.05, 3.63) is 35.9 Å². The molecule has 0 spiro atoms. The topological polar surface area (TPSA) is 52.7 Å². The Morgan fingerprint density at radius 1 is 1.33 bits per heavy atom. The molecule has 0 aromatic heterocycles. The molecule has 1 saturated heterocycles. The fraction of sp³-hybridized carbons (Fsp3) is 0.579. The van der Waals surface area contributed by atoms with Crippen LogP contribution >= 0.6 is 0 Å². The van der Waals surface area contributed by atoms with E-state index in [1.165, 1.54) is 5.56 Å². The Balaban J connectivity index is 1.51. The minimum Gasteiger partial charge on any atom is -0.341 e. The molecule has 1 aromatic rings. The molecule has 1 aromatic carbocycles. The summed E-state index contributed by atoms with van der Waals surface area (Å²) >= 11 is 0. The molecule has 2 aliphatic rings. The second kappa shape index (κ2) is 6.83. The Labute approximate surface area is 144 Å². The number of nitrogens with zero attached hydrogens (tertiary/aromatic N) is 2. The number of urea groups is 1. The number of likely N-dealkylation sites (tertiary alicyclic amines) is 1. The van der Waals surface area contributed by atoms with Crippen LogP contribution in [0.1, 0.15) is 38.2 Å². The zero-order valence-corrected chi connectivity index (χ0v) is 14.6. The predicted molar refractivity (Wildman–Crippen MR) is 93.8 cm³/mol. The van der Waals surface area contributed by atoms with Crippen molar-refractivity contribution < 1.29 is 9.59 Å². The van der Waals surface area contributed by atoms with Gasteiger partial charge in [-0.05, 0) is 31.7 Å². The zero-order chi connectivity index (χ0) is 17.2. The third-order valence-corrected chi connectivity index (χ3v) is 5.16. The molecular formula is C19H27N3O2. The molecule has 3 rings (SSSR count). The van der Waals surface area contributed by atoms with E-state index in [1.807, 2.05) is 24.9 Å². The van der Waals surface area contributed by atoms with Crippen LogP contribution in [0.25, 0.3) is 0 Å². The van der Waals surface area contributed by atoms with Gasteiger partial charge in [-0.25, -0.2) is 4.79 Å². The molecule has 24 heavy (non-hydrogen) atoms. The summed E-state index contributed by atoms with van der Waals surface area (Å²) in [6.07, 6.45) is 3.83. The van der Waals surface area contributed by atoms with Crippen molar-refractivity contribution in [2.75, 3.05) is 26.7 Å². The van der Waals surface area contributed by atoms with Gasteiger partial charge in [0.2, 0.25) is 5.91 Å². The average Bonchev–Trinajstić information content (AvgIpc) is 3.25. The summed E-state index contributed by atoms with van der Waals surface area (Å²) in [6, 6.07) is 10.4. The Kier molecular flexibility index (Phi) is 4.78. The molecule has 1 N–H and O–H groups in total. The Morgan fingerprint density at radius 2 is 2.04 bits per heavy atom. The molecule has 0 bridgehead atoms. The number of nitrogens with one attached hydrogen (secondary N) is 1. The van der Waals surface area contributed by atoms with Crippen molar-refractivity contribution in [3.8, 4) is 0 Å². The molecular weight excluding hydrogens is 302 g/mol. The van der Waals surface area contributed by atoms with Gasteiger partial charge in [0.15, 0.2) is 0 Å². The van der Waals surface area contributed by atoms with E-state index < -0.39 is 0 Å².